The van der Waals surface area contributed by atoms with Gasteiger partial charge in [-0.05, 0) is 25.1 Å². The summed E-state index contributed by atoms with van der Waals surface area (Å²) in [5.74, 6) is -0.230. The van der Waals surface area contributed by atoms with Crippen molar-refractivity contribution in [2.75, 3.05) is 54.1 Å². The number of hydrogen-bond donors (Lipinski definition) is 0. The van der Waals surface area contributed by atoms with Crippen molar-refractivity contribution in [2.45, 2.75) is 30.7 Å². The Morgan fingerprint density at radius 1 is 1.03 bits per heavy atom. The Kier molecular flexibility index (Phi) is 8.06. The fourth-order valence-corrected chi connectivity index (χ4v) is 5.38. The Balaban J connectivity index is 1.63. The van der Waals surface area contributed by atoms with Crippen LogP contribution in [0.15, 0.2) is 54.6 Å². The van der Waals surface area contributed by atoms with E-state index in [0.717, 1.165) is 12.1 Å². The SMILES string of the molecule is COCCCN1C(=O)CC(CC(=O)N2CCN(C)C(c3ccccc3)C2)(c2ccccc2OC)C1=O. The number of hydrogen-bond acceptors (Lipinski definition) is 6. The van der Waals surface area contributed by atoms with Crippen LogP contribution in [0.4, 0.5) is 0 Å². The van der Waals surface area contributed by atoms with Crippen LogP contribution in [0.5, 0.6) is 5.75 Å². The van der Waals surface area contributed by atoms with Gasteiger partial charge in [-0.1, -0.05) is 48.5 Å². The van der Waals surface area contributed by atoms with Crippen LogP contribution in [0.2, 0.25) is 0 Å². The van der Waals surface area contributed by atoms with Crippen molar-refractivity contribution in [3.05, 3.63) is 65.7 Å². The topological polar surface area (TPSA) is 79.4 Å². The molecule has 0 aromatic heterocycles. The molecule has 2 aliphatic heterocycles. The van der Waals surface area contributed by atoms with E-state index in [-0.39, 0.29) is 43.1 Å². The molecule has 2 aliphatic rings. The zero-order valence-electron chi connectivity index (χ0n) is 21.3. The van der Waals surface area contributed by atoms with Gasteiger partial charge in [-0.2, -0.15) is 0 Å². The summed E-state index contributed by atoms with van der Waals surface area (Å²) < 4.78 is 10.7. The Morgan fingerprint density at radius 2 is 1.75 bits per heavy atom. The summed E-state index contributed by atoms with van der Waals surface area (Å²) in [5.41, 5.74) is 0.440. The van der Waals surface area contributed by atoms with Gasteiger partial charge in [0.15, 0.2) is 0 Å². The predicted molar refractivity (Wildman–Crippen MR) is 136 cm³/mol. The smallest absolute Gasteiger partial charge is 0.241 e. The van der Waals surface area contributed by atoms with Crippen LogP contribution in [0.25, 0.3) is 0 Å². The molecule has 2 heterocycles. The third-order valence-electron chi connectivity index (χ3n) is 7.40. The van der Waals surface area contributed by atoms with Gasteiger partial charge in [-0.25, -0.2) is 0 Å². The lowest BCUT2D eigenvalue weighted by Gasteiger charge is -2.41. The number of amides is 3. The molecule has 2 atom stereocenters. The maximum atomic E-state index is 13.9. The van der Waals surface area contributed by atoms with E-state index in [9.17, 15) is 14.4 Å². The maximum Gasteiger partial charge on any atom is 0.241 e. The van der Waals surface area contributed by atoms with Crippen LogP contribution in [-0.4, -0.2) is 86.5 Å². The summed E-state index contributed by atoms with van der Waals surface area (Å²) in [6, 6.07) is 17.4. The lowest BCUT2D eigenvalue weighted by molar-refractivity contribution is -0.143. The fourth-order valence-electron chi connectivity index (χ4n) is 5.38. The summed E-state index contributed by atoms with van der Waals surface area (Å²) in [7, 11) is 5.19. The van der Waals surface area contributed by atoms with Gasteiger partial charge < -0.3 is 14.4 Å². The van der Waals surface area contributed by atoms with Crippen LogP contribution in [0.3, 0.4) is 0 Å². The van der Waals surface area contributed by atoms with Gasteiger partial charge in [0.25, 0.3) is 0 Å². The summed E-state index contributed by atoms with van der Waals surface area (Å²) in [6.07, 6.45) is 0.409. The van der Waals surface area contributed by atoms with Crippen LogP contribution in [0.1, 0.15) is 36.4 Å². The zero-order chi connectivity index (χ0) is 25.7. The first-order chi connectivity index (χ1) is 17.4. The molecule has 0 radical (unpaired) electrons. The molecule has 0 saturated carbocycles. The number of carbonyl (C=O) groups is 3. The molecular formula is C28H35N3O5. The number of piperazine rings is 1. The van der Waals surface area contributed by atoms with Crippen molar-refractivity contribution in [1.29, 1.82) is 0 Å². The molecule has 2 aromatic carbocycles. The third kappa shape index (κ3) is 5.01. The third-order valence-corrected chi connectivity index (χ3v) is 7.40. The highest BCUT2D eigenvalue weighted by molar-refractivity contribution is 6.11. The van der Waals surface area contributed by atoms with Gasteiger partial charge >= 0.3 is 0 Å². The van der Waals surface area contributed by atoms with Gasteiger partial charge in [-0.15, -0.1) is 0 Å². The van der Waals surface area contributed by atoms with E-state index in [4.69, 9.17) is 9.47 Å². The molecule has 3 amide bonds. The zero-order valence-corrected chi connectivity index (χ0v) is 21.3. The molecule has 4 rings (SSSR count). The summed E-state index contributed by atoms with van der Waals surface area (Å²) in [4.78, 5) is 46.2. The minimum absolute atomic E-state index is 0.0548. The molecule has 8 heteroatoms. The number of likely N-dealkylation sites (tertiary alicyclic amines) is 1. The Morgan fingerprint density at radius 3 is 2.47 bits per heavy atom. The molecular weight excluding hydrogens is 458 g/mol. The summed E-state index contributed by atoms with van der Waals surface area (Å²) >= 11 is 0. The van der Waals surface area contributed by atoms with Crippen molar-refractivity contribution >= 4 is 17.7 Å². The number of benzene rings is 2. The standard InChI is InChI=1S/C28H35N3O5/c1-29-15-16-30(20-23(29)21-10-5-4-6-11-21)25(32)18-28(22-12-7-8-13-24(22)36-3)19-26(33)31(27(28)34)14-9-17-35-2/h4-8,10-13,23H,9,14-20H2,1-3H3. The van der Waals surface area contributed by atoms with E-state index in [1.807, 2.05) is 35.2 Å². The van der Waals surface area contributed by atoms with Gasteiger partial charge in [-0.3, -0.25) is 24.2 Å². The second kappa shape index (κ2) is 11.2. The monoisotopic (exact) mass is 493 g/mol. The lowest BCUT2D eigenvalue weighted by atomic mass is 9.75. The van der Waals surface area contributed by atoms with Crippen molar-refractivity contribution in [1.82, 2.24) is 14.7 Å². The number of rotatable bonds is 9. The first-order valence-electron chi connectivity index (χ1n) is 12.4. The first-order valence-corrected chi connectivity index (χ1v) is 12.4. The van der Waals surface area contributed by atoms with E-state index in [0.29, 0.717) is 37.4 Å². The van der Waals surface area contributed by atoms with Crippen LogP contribution in [0, 0.1) is 0 Å². The number of nitrogens with zero attached hydrogens (tertiary/aromatic N) is 3. The molecule has 0 spiro atoms. The average Bonchev–Trinajstić information content (AvgIpc) is 3.14. The summed E-state index contributed by atoms with van der Waals surface area (Å²) in [5, 5.41) is 0. The Hall–Kier alpha value is -3.23. The van der Waals surface area contributed by atoms with E-state index < -0.39 is 5.41 Å². The largest absolute Gasteiger partial charge is 0.496 e. The van der Waals surface area contributed by atoms with E-state index in [1.54, 1.807) is 19.2 Å². The highest BCUT2D eigenvalue weighted by Gasteiger charge is 2.55. The molecule has 0 N–H and O–H groups in total. The number of likely N-dealkylation sites (N-methyl/N-ethyl adjacent to an activating group) is 1. The normalized spacial score (nSPS) is 22.8. The second-order valence-corrected chi connectivity index (χ2v) is 9.58. The minimum Gasteiger partial charge on any atom is -0.496 e. The molecule has 36 heavy (non-hydrogen) atoms. The lowest BCUT2D eigenvalue weighted by Crippen LogP contribution is -2.51. The van der Waals surface area contributed by atoms with Crippen molar-refractivity contribution in [2.24, 2.45) is 0 Å². The quantitative estimate of drug-likeness (QED) is 0.395. The summed E-state index contributed by atoms with van der Waals surface area (Å²) in [6.45, 7) is 2.53. The molecule has 2 unspecified atom stereocenters. The van der Waals surface area contributed by atoms with Gasteiger partial charge in [0.1, 0.15) is 5.75 Å². The highest BCUT2D eigenvalue weighted by atomic mass is 16.5. The average molecular weight is 494 g/mol. The number of para-hydroxylation sites is 1. The number of methoxy groups -OCH3 is 2. The van der Waals surface area contributed by atoms with Crippen molar-refractivity contribution < 1.29 is 23.9 Å². The highest BCUT2D eigenvalue weighted by Crippen LogP contribution is 2.44. The molecule has 0 aliphatic carbocycles. The molecule has 2 aromatic rings. The Labute approximate surface area is 212 Å². The van der Waals surface area contributed by atoms with Gasteiger partial charge in [0, 0.05) is 58.3 Å². The molecule has 8 nitrogen and oxygen atoms in total. The Bertz CT molecular complexity index is 1090. The van der Waals surface area contributed by atoms with Gasteiger partial charge in [0.2, 0.25) is 17.7 Å². The van der Waals surface area contributed by atoms with E-state index in [2.05, 4.69) is 24.1 Å². The van der Waals surface area contributed by atoms with Crippen LogP contribution in [-0.2, 0) is 24.5 Å². The molecule has 192 valence electrons. The maximum absolute atomic E-state index is 13.9. The van der Waals surface area contributed by atoms with Gasteiger partial charge in [0.05, 0.1) is 18.6 Å². The van der Waals surface area contributed by atoms with Crippen LogP contribution >= 0.6 is 0 Å². The molecule has 2 fully saturated rings. The number of imide groups is 1. The minimum atomic E-state index is -1.29. The van der Waals surface area contributed by atoms with E-state index >= 15 is 0 Å². The first kappa shape index (κ1) is 25.9. The molecule has 2 saturated heterocycles. The van der Waals surface area contributed by atoms with E-state index in [1.165, 1.54) is 12.0 Å². The van der Waals surface area contributed by atoms with Crippen molar-refractivity contribution in [3.8, 4) is 5.75 Å². The number of carbonyl (C=O) groups excluding carboxylic acids is 3. The molecule has 0 bridgehead atoms. The fraction of sp³-hybridized carbons (Fsp3) is 0.464. The van der Waals surface area contributed by atoms with Crippen LogP contribution < -0.4 is 4.74 Å². The van der Waals surface area contributed by atoms with Crippen molar-refractivity contribution in [3.63, 3.8) is 0 Å². The number of ether oxygens (including phenoxy) is 2. The second-order valence-electron chi connectivity index (χ2n) is 9.58. The predicted octanol–water partition coefficient (Wildman–Crippen LogP) is 2.63.